The molecule has 7 aromatic rings. The van der Waals surface area contributed by atoms with E-state index in [9.17, 15) is 0 Å². The van der Waals surface area contributed by atoms with Gasteiger partial charge >= 0.3 is 0 Å². The number of pyridine rings is 2. The Kier molecular flexibility index (Phi) is 3.89. The van der Waals surface area contributed by atoms with Gasteiger partial charge in [-0.05, 0) is 72.8 Å². The first-order valence-corrected chi connectivity index (χ1v) is 11.3. The molecule has 33 heavy (non-hydrogen) atoms. The fourth-order valence-electron chi connectivity index (χ4n) is 4.90. The summed E-state index contributed by atoms with van der Waals surface area (Å²) in [5.74, 6) is 0. The summed E-state index contributed by atoms with van der Waals surface area (Å²) in [5.41, 5.74) is 8.64. The largest absolute Gasteiger partial charge is 0.308 e. The maximum atomic E-state index is 4.76. The highest BCUT2D eigenvalue weighted by molar-refractivity contribution is 7.80. The van der Waals surface area contributed by atoms with Gasteiger partial charge in [-0.1, -0.05) is 18.2 Å². The number of hydrogen-bond donors (Lipinski definition) is 1. The van der Waals surface area contributed by atoms with Gasteiger partial charge in [-0.15, -0.1) is 12.6 Å². The lowest BCUT2D eigenvalue weighted by Crippen LogP contribution is -1.95. The van der Waals surface area contributed by atoms with Gasteiger partial charge in [0.2, 0.25) is 0 Å². The van der Waals surface area contributed by atoms with E-state index in [2.05, 4.69) is 93.5 Å². The average Bonchev–Trinajstić information content (AvgIpc) is 3.37. The standard InChI is InChI=1S/C28H18N4S/c33-20-12-9-18(10-13-20)31-24-14-11-19(17-22(24)28-26(31)8-4-16-30-28)32-23-6-2-1-5-21(23)27-25(32)7-3-15-29-27/h1-17,33H. The number of para-hydroxylation sites is 1. The van der Waals surface area contributed by atoms with Gasteiger partial charge in [0.1, 0.15) is 0 Å². The summed E-state index contributed by atoms with van der Waals surface area (Å²) in [5, 5.41) is 2.27. The van der Waals surface area contributed by atoms with Crippen molar-refractivity contribution in [1.29, 1.82) is 0 Å². The van der Waals surface area contributed by atoms with Gasteiger partial charge in [-0.25, -0.2) is 0 Å². The third kappa shape index (κ3) is 2.66. The summed E-state index contributed by atoms with van der Waals surface area (Å²) in [7, 11) is 0. The molecule has 0 aliphatic carbocycles. The fourth-order valence-corrected chi connectivity index (χ4v) is 5.05. The van der Waals surface area contributed by atoms with Crippen LogP contribution in [-0.4, -0.2) is 19.1 Å². The van der Waals surface area contributed by atoms with E-state index in [0.717, 1.165) is 60.1 Å². The summed E-state index contributed by atoms with van der Waals surface area (Å²) < 4.78 is 4.56. The van der Waals surface area contributed by atoms with E-state index >= 15 is 0 Å². The van der Waals surface area contributed by atoms with Crippen LogP contribution in [0.2, 0.25) is 0 Å². The van der Waals surface area contributed by atoms with Gasteiger partial charge in [0.15, 0.2) is 0 Å². The molecule has 0 saturated heterocycles. The third-order valence-electron chi connectivity index (χ3n) is 6.30. The van der Waals surface area contributed by atoms with E-state index in [-0.39, 0.29) is 0 Å². The first kappa shape index (κ1) is 18.5. The van der Waals surface area contributed by atoms with Crippen LogP contribution in [0.5, 0.6) is 0 Å². The lowest BCUT2D eigenvalue weighted by atomic mass is 10.2. The minimum atomic E-state index is 0.944. The molecule has 0 bridgehead atoms. The van der Waals surface area contributed by atoms with Gasteiger partial charge in [0.25, 0.3) is 0 Å². The van der Waals surface area contributed by atoms with Crippen LogP contribution in [0.25, 0.3) is 55.2 Å². The van der Waals surface area contributed by atoms with Gasteiger partial charge in [0.05, 0.1) is 33.1 Å². The normalized spacial score (nSPS) is 11.8. The number of thiol groups is 1. The van der Waals surface area contributed by atoms with Crippen molar-refractivity contribution in [3.8, 4) is 11.4 Å². The molecule has 0 fully saturated rings. The molecule has 0 aliphatic rings. The molecule has 3 aromatic carbocycles. The van der Waals surface area contributed by atoms with Gasteiger partial charge in [0, 0.05) is 39.4 Å². The minimum Gasteiger partial charge on any atom is -0.308 e. The molecule has 0 atom stereocenters. The summed E-state index contributed by atoms with van der Waals surface area (Å²) in [6.07, 6.45) is 3.72. The first-order chi connectivity index (χ1) is 16.3. The Labute approximate surface area is 195 Å². The average molecular weight is 443 g/mol. The zero-order chi connectivity index (χ0) is 21.9. The maximum absolute atomic E-state index is 4.76. The molecule has 0 amide bonds. The van der Waals surface area contributed by atoms with Crippen LogP contribution in [0.15, 0.2) is 108 Å². The molecule has 0 radical (unpaired) electrons. The first-order valence-electron chi connectivity index (χ1n) is 10.8. The molecule has 7 rings (SSSR count). The fraction of sp³-hybridized carbons (Fsp3) is 0. The number of nitrogens with zero attached hydrogens (tertiary/aromatic N) is 4. The minimum absolute atomic E-state index is 0.944. The van der Waals surface area contributed by atoms with E-state index in [1.54, 1.807) is 0 Å². The van der Waals surface area contributed by atoms with E-state index in [0.29, 0.717) is 0 Å². The quantitative estimate of drug-likeness (QED) is 0.294. The highest BCUT2D eigenvalue weighted by atomic mass is 32.1. The molecule has 0 spiro atoms. The molecule has 0 aliphatic heterocycles. The van der Waals surface area contributed by atoms with Crippen LogP contribution < -0.4 is 0 Å². The topological polar surface area (TPSA) is 35.6 Å². The molecule has 156 valence electrons. The predicted octanol–water partition coefficient (Wildman–Crippen LogP) is 6.96. The zero-order valence-corrected chi connectivity index (χ0v) is 18.4. The Morgan fingerprint density at radius 3 is 1.85 bits per heavy atom. The number of aromatic nitrogens is 4. The summed E-state index contributed by atoms with van der Waals surface area (Å²) in [4.78, 5) is 10.4. The second-order valence-electron chi connectivity index (χ2n) is 8.15. The Hall–Kier alpha value is -4.09. The molecular formula is C28H18N4S. The Morgan fingerprint density at radius 2 is 1.09 bits per heavy atom. The monoisotopic (exact) mass is 442 g/mol. The Morgan fingerprint density at radius 1 is 0.515 bits per heavy atom. The van der Waals surface area contributed by atoms with Gasteiger partial charge in [-0.2, -0.15) is 0 Å². The molecule has 4 nitrogen and oxygen atoms in total. The van der Waals surface area contributed by atoms with Gasteiger partial charge in [-0.3, -0.25) is 9.97 Å². The molecule has 0 unspecified atom stereocenters. The van der Waals surface area contributed by atoms with Crippen molar-refractivity contribution in [2.75, 3.05) is 0 Å². The van der Waals surface area contributed by atoms with Gasteiger partial charge < -0.3 is 9.13 Å². The van der Waals surface area contributed by atoms with Crippen LogP contribution >= 0.6 is 12.6 Å². The Bertz CT molecular complexity index is 1770. The smallest absolute Gasteiger partial charge is 0.0964 e. The summed E-state index contributed by atoms with van der Waals surface area (Å²) >= 11 is 4.45. The van der Waals surface area contributed by atoms with Crippen LogP contribution in [0.4, 0.5) is 0 Å². The third-order valence-corrected chi connectivity index (χ3v) is 6.60. The lowest BCUT2D eigenvalue weighted by Gasteiger charge is -2.10. The van der Waals surface area contributed by atoms with Crippen molar-refractivity contribution in [1.82, 2.24) is 19.1 Å². The molecule has 0 N–H and O–H groups in total. The van der Waals surface area contributed by atoms with E-state index in [4.69, 9.17) is 4.98 Å². The molecule has 4 aromatic heterocycles. The Balaban J connectivity index is 1.57. The van der Waals surface area contributed by atoms with E-state index < -0.39 is 0 Å². The second-order valence-corrected chi connectivity index (χ2v) is 8.66. The van der Waals surface area contributed by atoms with Crippen LogP contribution in [0.3, 0.4) is 0 Å². The highest BCUT2D eigenvalue weighted by Crippen LogP contribution is 2.35. The van der Waals surface area contributed by atoms with Crippen LogP contribution in [-0.2, 0) is 0 Å². The zero-order valence-electron chi connectivity index (χ0n) is 17.6. The predicted molar refractivity (Wildman–Crippen MR) is 138 cm³/mol. The lowest BCUT2D eigenvalue weighted by molar-refractivity contribution is 1.16. The maximum Gasteiger partial charge on any atom is 0.0964 e. The SMILES string of the molecule is Sc1ccc(-n2c3ccc(-n4c5ccccc5c5ncccc54)cc3c3ncccc32)cc1. The van der Waals surface area contributed by atoms with Crippen molar-refractivity contribution in [2.24, 2.45) is 0 Å². The van der Waals surface area contributed by atoms with Crippen molar-refractivity contribution in [3.63, 3.8) is 0 Å². The summed E-state index contributed by atoms with van der Waals surface area (Å²) in [6.45, 7) is 0. The van der Waals surface area contributed by atoms with E-state index in [1.807, 2.05) is 36.7 Å². The second kappa shape index (κ2) is 6.95. The molecule has 4 heterocycles. The van der Waals surface area contributed by atoms with Crippen LogP contribution in [0, 0.1) is 0 Å². The molecule has 5 heteroatoms. The number of fused-ring (bicyclic) bond motifs is 6. The number of rotatable bonds is 2. The van der Waals surface area contributed by atoms with Crippen molar-refractivity contribution >= 4 is 56.5 Å². The highest BCUT2D eigenvalue weighted by Gasteiger charge is 2.17. The van der Waals surface area contributed by atoms with Crippen molar-refractivity contribution < 1.29 is 0 Å². The molecular weight excluding hydrogens is 424 g/mol. The van der Waals surface area contributed by atoms with Crippen LogP contribution in [0.1, 0.15) is 0 Å². The van der Waals surface area contributed by atoms with Crippen molar-refractivity contribution in [3.05, 3.63) is 103 Å². The van der Waals surface area contributed by atoms with E-state index in [1.165, 1.54) is 0 Å². The summed E-state index contributed by atoms with van der Waals surface area (Å²) in [6, 6.07) is 31.5. The number of hydrogen-bond acceptors (Lipinski definition) is 3. The van der Waals surface area contributed by atoms with Crippen molar-refractivity contribution in [2.45, 2.75) is 4.90 Å². The molecule has 0 saturated carbocycles. The number of benzene rings is 3.